The Morgan fingerprint density at radius 3 is 2.55 bits per heavy atom. The zero-order valence-electron chi connectivity index (χ0n) is 6.67. The second-order valence-electron chi connectivity index (χ2n) is 3.76. The second-order valence-corrected chi connectivity index (χ2v) is 3.76. The predicted octanol–water partition coefficient (Wildman–Crippen LogP) is 1.19. The van der Waals surface area contributed by atoms with Crippen molar-refractivity contribution < 1.29 is 9.59 Å². The molecule has 2 fully saturated rings. The van der Waals surface area contributed by atoms with E-state index in [-0.39, 0.29) is 23.4 Å². The van der Waals surface area contributed by atoms with E-state index >= 15 is 0 Å². The summed E-state index contributed by atoms with van der Waals surface area (Å²) in [6.45, 7) is 1.54. The number of hydrogen-bond acceptors (Lipinski definition) is 2. The second kappa shape index (κ2) is 2.16. The fourth-order valence-electron chi connectivity index (χ4n) is 2.60. The van der Waals surface area contributed by atoms with Gasteiger partial charge in [-0.1, -0.05) is 0 Å². The number of carbonyl (C=O) groups excluding carboxylic acids is 2. The summed E-state index contributed by atoms with van der Waals surface area (Å²) >= 11 is 0. The maximum Gasteiger partial charge on any atom is 0.146 e. The minimum Gasteiger partial charge on any atom is -0.299 e. The topological polar surface area (TPSA) is 34.1 Å². The van der Waals surface area contributed by atoms with Crippen LogP contribution in [0.15, 0.2) is 0 Å². The lowest BCUT2D eigenvalue weighted by Crippen LogP contribution is -2.27. The summed E-state index contributed by atoms with van der Waals surface area (Å²) in [7, 11) is 0. The molecule has 60 valence electrons. The van der Waals surface area contributed by atoms with Crippen molar-refractivity contribution in [1.82, 2.24) is 0 Å². The molecule has 2 heteroatoms. The molecule has 3 atom stereocenters. The lowest BCUT2D eigenvalue weighted by atomic mass is 9.85. The van der Waals surface area contributed by atoms with Gasteiger partial charge in [-0.3, -0.25) is 9.59 Å². The lowest BCUT2D eigenvalue weighted by molar-refractivity contribution is -0.133. The Kier molecular flexibility index (Phi) is 1.38. The molecule has 0 spiro atoms. The van der Waals surface area contributed by atoms with Gasteiger partial charge in [0.05, 0.1) is 5.92 Å². The van der Waals surface area contributed by atoms with Crippen molar-refractivity contribution in [2.45, 2.75) is 26.2 Å². The molecular weight excluding hydrogens is 140 g/mol. The van der Waals surface area contributed by atoms with Crippen molar-refractivity contribution in [2.75, 3.05) is 0 Å². The van der Waals surface area contributed by atoms with Gasteiger partial charge in [-0.15, -0.1) is 0 Å². The fourth-order valence-corrected chi connectivity index (χ4v) is 2.60. The van der Waals surface area contributed by atoms with Crippen LogP contribution in [0.5, 0.6) is 0 Å². The summed E-state index contributed by atoms with van der Waals surface area (Å²) < 4.78 is 0. The van der Waals surface area contributed by atoms with Gasteiger partial charge in [0.15, 0.2) is 0 Å². The molecule has 2 aliphatic carbocycles. The largest absolute Gasteiger partial charge is 0.299 e. The van der Waals surface area contributed by atoms with Crippen molar-refractivity contribution in [2.24, 2.45) is 17.8 Å². The Morgan fingerprint density at radius 2 is 2.18 bits per heavy atom. The molecule has 0 heterocycles. The summed E-state index contributed by atoms with van der Waals surface area (Å²) in [4.78, 5) is 22.4. The zero-order chi connectivity index (χ0) is 8.01. The molecule has 0 aliphatic heterocycles. The Balaban J connectivity index is 2.24. The first-order valence-electron chi connectivity index (χ1n) is 4.24. The molecule has 2 saturated carbocycles. The number of Topliss-reactive ketones (excluding diaryl/α,β-unsaturated/α-hetero) is 2. The first-order chi connectivity index (χ1) is 5.20. The molecule has 0 aromatic rings. The van der Waals surface area contributed by atoms with Crippen LogP contribution in [0.1, 0.15) is 26.2 Å². The maximum atomic E-state index is 11.4. The van der Waals surface area contributed by atoms with Crippen molar-refractivity contribution >= 4 is 11.6 Å². The predicted molar refractivity (Wildman–Crippen MR) is 40.0 cm³/mol. The molecule has 11 heavy (non-hydrogen) atoms. The number of carbonyl (C=O) groups is 2. The van der Waals surface area contributed by atoms with E-state index in [1.54, 1.807) is 6.92 Å². The minimum absolute atomic E-state index is 0.0854. The summed E-state index contributed by atoms with van der Waals surface area (Å²) in [5.41, 5.74) is 0. The number of rotatable bonds is 1. The Morgan fingerprint density at radius 1 is 1.45 bits per heavy atom. The molecule has 1 unspecified atom stereocenters. The van der Waals surface area contributed by atoms with Crippen molar-refractivity contribution in [3.8, 4) is 0 Å². The van der Waals surface area contributed by atoms with Crippen LogP contribution in [0.3, 0.4) is 0 Å². The highest BCUT2D eigenvalue weighted by Crippen LogP contribution is 2.45. The molecule has 0 saturated heterocycles. The quantitative estimate of drug-likeness (QED) is 0.529. The first kappa shape index (κ1) is 7.01. The number of fused-ring (bicyclic) bond motifs is 2. The summed E-state index contributed by atoms with van der Waals surface area (Å²) in [5, 5.41) is 0. The van der Waals surface area contributed by atoms with Gasteiger partial charge < -0.3 is 0 Å². The SMILES string of the molecule is CC(=O)C1C(=O)[C@H]2CC[C@@H]1C2. The number of ketones is 2. The third kappa shape index (κ3) is 0.849. The first-order valence-corrected chi connectivity index (χ1v) is 4.24. The van der Waals surface area contributed by atoms with Crippen LogP contribution in [0.4, 0.5) is 0 Å². The smallest absolute Gasteiger partial charge is 0.146 e. The van der Waals surface area contributed by atoms with Gasteiger partial charge in [-0.2, -0.15) is 0 Å². The average molecular weight is 152 g/mol. The molecule has 0 aromatic carbocycles. The van der Waals surface area contributed by atoms with Crippen LogP contribution in [0, 0.1) is 17.8 Å². The van der Waals surface area contributed by atoms with Gasteiger partial charge in [0.25, 0.3) is 0 Å². The average Bonchev–Trinajstić information content (AvgIpc) is 2.44. The minimum atomic E-state index is -0.214. The molecular formula is C9H12O2. The van der Waals surface area contributed by atoms with Gasteiger partial charge in [0, 0.05) is 5.92 Å². The highest BCUT2D eigenvalue weighted by atomic mass is 16.2. The van der Waals surface area contributed by atoms with E-state index < -0.39 is 0 Å². The molecule has 2 bridgehead atoms. The van der Waals surface area contributed by atoms with Crippen molar-refractivity contribution in [1.29, 1.82) is 0 Å². The molecule has 2 nitrogen and oxygen atoms in total. The van der Waals surface area contributed by atoms with Crippen molar-refractivity contribution in [3.05, 3.63) is 0 Å². The fraction of sp³-hybridized carbons (Fsp3) is 0.778. The van der Waals surface area contributed by atoms with Gasteiger partial charge >= 0.3 is 0 Å². The van der Waals surface area contributed by atoms with E-state index in [1.807, 2.05) is 0 Å². The molecule has 2 aliphatic rings. The standard InChI is InChI=1S/C9H12O2/c1-5(10)8-6-2-3-7(4-6)9(8)11/h6-8H,2-4H2,1H3/t6-,7+,8?/m1/s1. The van der Waals surface area contributed by atoms with E-state index in [1.165, 1.54) is 0 Å². The summed E-state index contributed by atoms with van der Waals surface area (Å²) in [5.74, 6) is 0.753. The van der Waals surface area contributed by atoms with Crippen molar-refractivity contribution in [3.63, 3.8) is 0 Å². The van der Waals surface area contributed by atoms with E-state index in [4.69, 9.17) is 0 Å². The van der Waals surface area contributed by atoms with Crippen LogP contribution in [0.25, 0.3) is 0 Å². The highest BCUT2D eigenvalue weighted by molar-refractivity contribution is 6.04. The molecule has 0 N–H and O–H groups in total. The Bertz CT molecular complexity index is 220. The van der Waals surface area contributed by atoms with Crippen LogP contribution in [0.2, 0.25) is 0 Å². The van der Waals surface area contributed by atoms with E-state index in [0.29, 0.717) is 5.92 Å². The molecule has 0 amide bonds. The van der Waals surface area contributed by atoms with Gasteiger partial charge in [0.1, 0.15) is 11.6 Å². The van der Waals surface area contributed by atoms with E-state index in [9.17, 15) is 9.59 Å². The molecule has 0 aromatic heterocycles. The third-order valence-corrected chi connectivity index (χ3v) is 3.09. The molecule has 0 radical (unpaired) electrons. The van der Waals surface area contributed by atoms with Crippen LogP contribution >= 0.6 is 0 Å². The number of hydrogen-bond donors (Lipinski definition) is 0. The van der Waals surface area contributed by atoms with Gasteiger partial charge in [-0.05, 0) is 32.1 Å². The van der Waals surface area contributed by atoms with Crippen LogP contribution in [-0.2, 0) is 9.59 Å². The normalized spacial score (nSPS) is 41.5. The lowest BCUT2D eigenvalue weighted by Gasteiger charge is -2.16. The zero-order valence-corrected chi connectivity index (χ0v) is 6.67. The van der Waals surface area contributed by atoms with Crippen LogP contribution < -0.4 is 0 Å². The molecule has 2 rings (SSSR count). The third-order valence-electron chi connectivity index (χ3n) is 3.09. The van der Waals surface area contributed by atoms with E-state index in [0.717, 1.165) is 19.3 Å². The Hall–Kier alpha value is -0.660. The van der Waals surface area contributed by atoms with Gasteiger partial charge in [0.2, 0.25) is 0 Å². The summed E-state index contributed by atoms with van der Waals surface area (Å²) in [6, 6.07) is 0. The monoisotopic (exact) mass is 152 g/mol. The Labute approximate surface area is 66.0 Å². The van der Waals surface area contributed by atoms with Crippen LogP contribution in [-0.4, -0.2) is 11.6 Å². The maximum absolute atomic E-state index is 11.4. The highest BCUT2D eigenvalue weighted by Gasteiger charge is 2.48. The van der Waals surface area contributed by atoms with E-state index in [2.05, 4.69) is 0 Å². The van der Waals surface area contributed by atoms with Gasteiger partial charge in [-0.25, -0.2) is 0 Å². The summed E-state index contributed by atoms with van der Waals surface area (Å²) in [6.07, 6.45) is 3.12.